The van der Waals surface area contributed by atoms with Crippen LogP contribution in [-0.2, 0) is 14.4 Å². The zero-order valence-electron chi connectivity index (χ0n) is 12.4. The SMILES string of the molecule is CCC1CCC(C(=O)O)(N2C(=O)C(C)C(C)C2=O)CC1. The first kappa shape index (κ1) is 15.0. The molecule has 20 heavy (non-hydrogen) atoms. The molecule has 0 spiro atoms. The number of rotatable bonds is 3. The summed E-state index contributed by atoms with van der Waals surface area (Å²) in [6, 6.07) is 0. The number of carboxylic acids is 1. The maximum Gasteiger partial charge on any atom is 0.330 e. The molecule has 1 aliphatic carbocycles. The highest BCUT2D eigenvalue weighted by atomic mass is 16.4. The second-order valence-electron chi connectivity index (χ2n) is 6.28. The number of amides is 2. The monoisotopic (exact) mass is 281 g/mol. The summed E-state index contributed by atoms with van der Waals surface area (Å²) in [5, 5.41) is 9.67. The van der Waals surface area contributed by atoms with Crippen molar-refractivity contribution in [3.05, 3.63) is 0 Å². The van der Waals surface area contributed by atoms with Crippen LogP contribution in [0.5, 0.6) is 0 Å². The Labute approximate surface area is 119 Å². The number of carbonyl (C=O) groups is 3. The molecule has 0 aromatic heterocycles. The van der Waals surface area contributed by atoms with Gasteiger partial charge in [0.1, 0.15) is 5.54 Å². The molecule has 2 rings (SSSR count). The number of imide groups is 1. The molecule has 2 aliphatic rings. The van der Waals surface area contributed by atoms with E-state index in [1.165, 1.54) is 0 Å². The molecule has 2 unspecified atom stereocenters. The summed E-state index contributed by atoms with van der Waals surface area (Å²) in [4.78, 5) is 37.6. The fourth-order valence-corrected chi connectivity index (χ4v) is 3.46. The minimum absolute atomic E-state index is 0.320. The van der Waals surface area contributed by atoms with Gasteiger partial charge in [0.25, 0.3) is 0 Å². The Morgan fingerprint density at radius 2 is 1.65 bits per heavy atom. The van der Waals surface area contributed by atoms with Gasteiger partial charge in [-0.1, -0.05) is 27.2 Å². The highest BCUT2D eigenvalue weighted by Gasteiger charge is 2.57. The van der Waals surface area contributed by atoms with E-state index in [2.05, 4.69) is 6.92 Å². The summed E-state index contributed by atoms with van der Waals surface area (Å²) in [5.41, 5.74) is -1.31. The Balaban J connectivity index is 2.33. The first-order chi connectivity index (χ1) is 9.35. The van der Waals surface area contributed by atoms with Crippen molar-refractivity contribution in [1.29, 1.82) is 0 Å². The summed E-state index contributed by atoms with van der Waals surface area (Å²) in [6.07, 6.45) is 3.32. The third-order valence-electron chi connectivity index (χ3n) is 5.31. The number of likely N-dealkylation sites (tertiary alicyclic amines) is 1. The zero-order chi connectivity index (χ0) is 15.1. The number of carboxylic acid groups (broad SMARTS) is 1. The molecule has 0 aromatic carbocycles. The average Bonchev–Trinajstić information content (AvgIpc) is 2.63. The molecule has 1 N–H and O–H groups in total. The van der Waals surface area contributed by atoms with Crippen LogP contribution in [0.2, 0.25) is 0 Å². The quantitative estimate of drug-likeness (QED) is 0.803. The topological polar surface area (TPSA) is 74.7 Å². The van der Waals surface area contributed by atoms with E-state index < -0.39 is 23.3 Å². The van der Waals surface area contributed by atoms with Crippen molar-refractivity contribution in [2.24, 2.45) is 17.8 Å². The summed E-state index contributed by atoms with van der Waals surface area (Å²) in [7, 11) is 0. The molecular formula is C15H23NO4. The van der Waals surface area contributed by atoms with Crippen molar-refractivity contribution in [2.75, 3.05) is 0 Å². The van der Waals surface area contributed by atoms with Crippen molar-refractivity contribution >= 4 is 17.8 Å². The second kappa shape index (κ2) is 5.19. The third kappa shape index (κ3) is 2.03. The summed E-state index contributed by atoms with van der Waals surface area (Å²) in [6.45, 7) is 5.50. The second-order valence-corrected chi connectivity index (χ2v) is 6.28. The predicted octanol–water partition coefficient (Wildman–Crippen LogP) is 2.05. The van der Waals surface area contributed by atoms with Crippen molar-refractivity contribution in [3.8, 4) is 0 Å². The van der Waals surface area contributed by atoms with E-state index in [-0.39, 0.29) is 11.8 Å². The van der Waals surface area contributed by atoms with E-state index in [4.69, 9.17) is 0 Å². The van der Waals surface area contributed by atoms with Crippen LogP contribution in [-0.4, -0.2) is 33.3 Å². The largest absolute Gasteiger partial charge is 0.479 e. The van der Waals surface area contributed by atoms with E-state index >= 15 is 0 Å². The molecule has 0 bridgehead atoms. The van der Waals surface area contributed by atoms with Gasteiger partial charge in [0, 0.05) is 11.8 Å². The predicted molar refractivity (Wildman–Crippen MR) is 72.8 cm³/mol. The van der Waals surface area contributed by atoms with Gasteiger partial charge >= 0.3 is 5.97 Å². The van der Waals surface area contributed by atoms with Crippen LogP contribution < -0.4 is 0 Å². The summed E-state index contributed by atoms with van der Waals surface area (Å²) < 4.78 is 0. The van der Waals surface area contributed by atoms with Gasteiger partial charge in [0.05, 0.1) is 0 Å². The van der Waals surface area contributed by atoms with Crippen LogP contribution >= 0.6 is 0 Å². The Kier molecular flexibility index (Phi) is 3.89. The van der Waals surface area contributed by atoms with E-state index in [1.54, 1.807) is 13.8 Å². The fraction of sp³-hybridized carbons (Fsp3) is 0.800. The fourth-order valence-electron chi connectivity index (χ4n) is 3.46. The van der Waals surface area contributed by atoms with Crippen LogP contribution in [0.25, 0.3) is 0 Å². The lowest BCUT2D eigenvalue weighted by atomic mass is 9.74. The molecule has 1 saturated carbocycles. The lowest BCUT2D eigenvalue weighted by Crippen LogP contribution is -2.59. The molecule has 1 saturated heterocycles. The highest BCUT2D eigenvalue weighted by molar-refractivity contribution is 6.08. The molecular weight excluding hydrogens is 258 g/mol. The molecule has 112 valence electrons. The summed E-state index contributed by atoms with van der Waals surface area (Å²) in [5.74, 6) is -2.00. The van der Waals surface area contributed by atoms with Crippen LogP contribution in [0.1, 0.15) is 52.9 Å². The van der Waals surface area contributed by atoms with E-state index in [9.17, 15) is 19.5 Å². The number of aliphatic carboxylic acids is 1. The van der Waals surface area contributed by atoms with Gasteiger partial charge in [0.15, 0.2) is 0 Å². The van der Waals surface area contributed by atoms with Crippen LogP contribution in [0, 0.1) is 17.8 Å². The molecule has 1 aliphatic heterocycles. The lowest BCUT2D eigenvalue weighted by molar-refractivity contribution is -0.166. The third-order valence-corrected chi connectivity index (χ3v) is 5.31. The molecule has 5 heteroatoms. The normalized spacial score (nSPS) is 38.4. The van der Waals surface area contributed by atoms with Gasteiger partial charge < -0.3 is 5.11 Å². The van der Waals surface area contributed by atoms with Gasteiger partial charge in [-0.05, 0) is 31.6 Å². The molecule has 2 atom stereocenters. The first-order valence-electron chi connectivity index (χ1n) is 7.46. The Morgan fingerprint density at radius 3 is 2.00 bits per heavy atom. The number of carbonyl (C=O) groups excluding carboxylic acids is 2. The standard InChI is InChI=1S/C15H23NO4/c1-4-11-5-7-15(8-6-11,14(19)20)16-12(17)9(2)10(3)13(16)18/h9-11H,4-8H2,1-3H3,(H,19,20). The van der Waals surface area contributed by atoms with Crippen molar-refractivity contribution in [3.63, 3.8) is 0 Å². The molecule has 5 nitrogen and oxygen atoms in total. The minimum Gasteiger partial charge on any atom is -0.479 e. The average molecular weight is 281 g/mol. The van der Waals surface area contributed by atoms with Crippen LogP contribution in [0.15, 0.2) is 0 Å². The Morgan fingerprint density at radius 1 is 1.20 bits per heavy atom. The molecule has 1 heterocycles. The molecule has 2 amide bonds. The van der Waals surface area contributed by atoms with Gasteiger partial charge in [-0.15, -0.1) is 0 Å². The Bertz CT molecular complexity index is 417. The van der Waals surface area contributed by atoms with E-state index in [1.807, 2.05) is 0 Å². The Hall–Kier alpha value is -1.39. The van der Waals surface area contributed by atoms with Gasteiger partial charge in [-0.2, -0.15) is 0 Å². The number of nitrogens with zero attached hydrogens (tertiary/aromatic N) is 1. The van der Waals surface area contributed by atoms with Crippen LogP contribution in [0.3, 0.4) is 0 Å². The van der Waals surface area contributed by atoms with Gasteiger partial charge in [0.2, 0.25) is 11.8 Å². The van der Waals surface area contributed by atoms with Crippen LogP contribution in [0.4, 0.5) is 0 Å². The lowest BCUT2D eigenvalue weighted by Gasteiger charge is -2.42. The minimum atomic E-state index is -1.31. The highest BCUT2D eigenvalue weighted by Crippen LogP contribution is 2.42. The first-order valence-corrected chi connectivity index (χ1v) is 7.46. The van der Waals surface area contributed by atoms with Gasteiger partial charge in [-0.25, -0.2) is 4.79 Å². The zero-order valence-corrected chi connectivity index (χ0v) is 12.4. The number of hydrogen-bond donors (Lipinski definition) is 1. The smallest absolute Gasteiger partial charge is 0.330 e. The molecule has 0 radical (unpaired) electrons. The van der Waals surface area contributed by atoms with Crippen molar-refractivity contribution < 1.29 is 19.5 Å². The summed E-state index contributed by atoms with van der Waals surface area (Å²) >= 11 is 0. The van der Waals surface area contributed by atoms with Crippen molar-refractivity contribution in [1.82, 2.24) is 4.90 Å². The molecule has 2 fully saturated rings. The van der Waals surface area contributed by atoms with Crippen molar-refractivity contribution in [2.45, 2.75) is 58.4 Å². The maximum absolute atomic E-state index is 12.3. The van der Waals surface area contributed by atoms with E-state index in [0.29, 0.717) is 18.8 Å². The maximum atomic E-state index is 12.3. The number of hydrogen-bond acceptors (Lipinski definition) is 3. The van der Waals surface area contributed by atoms with Gasteiger partial charge in [-0.3, -0.25) is 14.5 Å². The van der Waals surface area contributed by atoms with E-state index in [0.717, 1.165) is 24.2 Å². The molecule has 0 aromatic rings.